The molecule has 0 aromatic carbocycles. The molecule has 0 spiro atoms. The molecule has 0 fully saturated rings. The zero-order valence-corrected chi connectivity index (χ0v) is 9.20. The minimum absolute atomic E-state index is 0.176. The van der Waals surface area contributed by atoms with Crippen molar-refractivity contribution in [2.24, 2.45) is 0 Å². The summed E-state index contributed by atoms with van der Waals surface area (Å²) in [6.45, 7) is 4.90. The molecule has 6 heteroatoms. The first-order valence-electron chi connectivity index (χ1n) is 4.84. The fourth-order valence-corrected chi connectivity index (χ4v) is 0.980. The summed E-state index contributed by atoms with van der Waals surface area (Å²) in [6, 6.07) is 0. The topological polar surface area (TPSA) is 79.9 Å². The Morgan fingerprint density at radius 1 is 1.60 bits per heavy atom. The predicted molar refractivity (Wildman–Crippen MR) is 54.7 cm³/mol. The van der Waals surface area contributed by atoms with Crippen LogP contribution in [0, 0.1) is 0 Å². The Balaban J connectivity index is 2.51. The highest BCUT2D eigenvalue weighted by Crippen LogP contribution is 2.07. The van der Waals surface area contributed by atoms with Crippen molar-refractivity contribution < 1.29 is 9.53 Å². The number of carbonyl (C=O) groups excluding carboxylic acids is 1. The molecule has 0 atom stereocenters. The molecule has 0 saturated heterocycles. The Hall–Kier alpha value is -1.43. The van der Waals surface area contributed by atoms with E-state index in [0.717, 1.165) is 0 Å². The summed E-state index contributed by atoms with van der Waals surface area (Å²) >= 11 is 0. The van der Waals surface area contributed by atoms with Crippen LogP contribution in [0.5, 0.6) is 0 Å². The van der Waals surface area contributed by atoms with Crippen LogP contribution in [-0.4, -0.2) is 41.3 Å². The number of aromatic amines is 1. The first kappa shape index (κ1) is 11.6. The van der Waals surface area contributed by atoms with E-state index in [1.807, 2.05) is 13.8 Å². The van der Waals surface area contributed by atoms with E-state index in [1.165, 1.54) is 0 Å². The molecule has 0 aliphatic rings. The highest BCUT2D eigenvalue weighted by Gasteiger charge is 2.12. The molecule has 0 unspecified atom stereocenters. The molecule has 1 heterocycles. The summed E-state index contributed by atoms with van der Waals surface area (Å²) in [7, 11) is 1.58. The van der Waals surface area contributed by atoms with Gasteiger partial charge < -0.3 is 10.1 Å². The second-order valence-corrected chi connectivity index (χ2v) is 3.45. The second-order valence-electron chi connectivity index (χ2n) is 3.45. The van der Waals surface area contributed by atoms with E-state index in [1.54, 1.807) is 7.11 Å². The number of nitrogens with one attached hydrogen (secondary N) is 2. The molecule has 0 bridgehead atoms. The van der Waals surface area contributed by atoms with Gasteiger partial charge in [-0.3, -0.25) is 9.89 Å². The van der Waals surface area contributed by atoms with E-state index < -0.39 is 0 Å². The van der Waals surface area contributed by atoms with Gasteiger partial charge in [-0.05, 0) is 0 Å². The van der Waals surface area contributed by atoms with Crippen LogP contribution >= 0.6 is 0 Å². The summed E-state index contributed by atoms with van der Waals surface area (Å²) in [5, 5.41) is 9.19. The van der Waals surface area contributed by atoms with E-state index in [9.17, 15) is 4.79 Å². The predicted octanol–water partition coefficient (Wildman–Crippen LogP) is 0.304. The number of hydrogen-bond donors (Lipinski definition) is 2. The molecule has 84 valence electrons. The maximum atomic E-state index is 11.4. The number of carbonyl (C=O) groups is 1. The Bertz CT molecular complexity index is 322. The number of rotatable bonds is 5. The fourth-order valence-electron chi connectivity index (χ4n) is 0.980. The van der Waals surface area contributed by atoms with Crippen LogP contribution < -0.4 is 5.32 Å². The number of methoxy groups -OCH3 is 1. The first-order valence-corrected chi connectivity index (χ1v) is 4.84. The average Bonchev–Trinajstić information content (AvgIpc) is 2.66. The van der Waals surface area contributed by atoms with Gasteiger partial charge >= 0.3 is 0 Å². The molecule has 6 nitrogen and oxygen atoms in total. The second kappa shape index (κ2) is 5.45. The van der Waals surface area contributed by atoms with E-state index in [0.29, 0.717) is 19.0 Å². The molecule has 0 saturated carbocycles. The van der Waals surface area contributed by atoms with Gasteiger partial charge in [-0.25, -0.2) is 4.98 Å². The van der Waals surface area contributed by atoms with Crippen LogP contribution in [0.1, 0.15) is 36.2 Å². The van der Waals surface area contributed by atoms with Crippen LogP contribution in [0.25, 0.3) is 0 Å². The molecule has 1 rings (SSSR count). The van der Waals surface area contributed by atoms with Gasteiger partial charge in [-0.2, -0.15) is 0 Å². The molecule has 0 aliphatic heterocycles. The van der Waals surface area contributed by atoms with Gasteiger partial charge in [-0.1, -0.05) is 13.8 Å². The third-order valence-corrected chi connectivity index (χ3v) is 1.84. The lowest BCUT2D eigenvalue weighted by Gasteiger charge is -2.00. The van der Waals surface area contributed by atoms with Crippen molar-refractivity contribution in [2.75, 3.05) is 20.3 Å². The number of H-pyrrole nitrogens is 1. The van der Waals surface area contributed by atoms with Crippen LogP contribution in [0.4, 0.5) is 0 Å². The summed E-state index contributed by atoms with van der Waals surface area (Å²) in [6.07, 6.45) is 0. The van der Waals surface area contributed by atoms with Gasteiger partial charge in [0.05, 0.1) is 6.61 Å². The van der Waals surface area contributed by atoms with Gasteiger partial charge in [0.2, 0.25) is 5.82 Å². The van der Waals surface area contributed by atoms with Crippen molar-refractivity contribution in [3.8, 4) is 0 Å². The minimum Gasteiger partial charge on any atom is -0.383 e. The zero-order valence-electron chi connectivity index (χ0n) is 9.20. The molecule has 1 amide bonds. The van der Waals surface area contributed by atoms with Gasteiger partial charge in [0.25, 0.3) is 5.91 Å². The highest BCUT2D eigenvalue weighted by molar-refractivity contribution is 5.90. The first-order chi connectivity index (χ1) is 7.15. The molecule has 0 radical (unpaired) electrons. The zero-order chi connectivity index (χ0) is 11.3. The van der Waals surface area contributed by atoms with Crippen LogP contribution in [-0.2, 0) is 4.74 Å². The van der Waals surface area contributed by atoms with Crippen LogP contribution in [0.15, 0.2) is 0 Å². The van der Waals surface area contributed by atoms with Gasteiger partial charge in [0, 0.05) is 19.6 Å². The van der Waals surface area contributed by atoms with Crippen molar-refractivity contribution >= 4 is 5.91 Å². The maximum Gasteiger partial charge on any atom is 0.291 e. The summed E-state index contributed by atoms with van der Waals surface area (Å²) in [5.74, 6) is 0.843. The Morgan fingerprint density at radius 2 is 2.33 bits per heavy atom. The largest absolute Gasteiger partial charge is 0.383 e. The quantitative estimate of drug-likeness (QED) is 0.688. The van der Waals surface area contributed by atoms with E-state index in [4.69, 9.17) is 4.74 Å². The Morgan fingerprint density at radius 3 is 2.87 bits per heavy atom. The molecule has 0 aliphatic carbocycles. The third-order valence-electron chi connectivity index (χ3n) is 1.84. The lowest BCUT2D eigenvalue weighted by molar-refractivity contribution is 0.0927. The normalized spacial score (nSPS) is 10.7. The summed E-state index contributed by atoms with van der Waals surface area (Å²) in [5.41, 5.74) is 0. The monoisotopic (exact) mass is 212 g/mol. The molecule has 15 heavy (non-hydrogen) atoms. The van der Waals surface area contributed by atoms with Crippen molar-refractivity contribution in [2.45, 2.75) is 19.8 Å². The molecular formula is C9H16N4O2. The number of nitrogens with zero attached hydrogens (tertiary/aromatic N) is 2. The van der Waals surface area contributed by atoms with Crippen molar-refractivity contribution in [1.82, 2.24) is 20.5 Å². The molecular weight excluding hydrogens is 196 g/mol. The van der Waals surface area contributed by atoms with Crippen LogP contribution in [0.3, 0.4) is 0 Å². The molecule has 1 aromatic heterocycles. The van der Waals surface area contributed by atoms with Crippen LogP contribution in [0.2, 0.25) is 0 Å². The van der Waals surface area contributed by atoms with Crippen molar-refractivity contribution in [1.29, 1.82) is 0 Å². The minimum atomic E-state index is -0.282. The van der Waals surface area contributed by atoms with E-state index in [-0.39, 0.29) is 17.6 Å². The SMILES string of the molecule is COCCNC(=O)c1n[nH]c(C(C)C)n1. The number of ether oxygens (including phenoxy) is 1. The fraction of sp³-hybridized carbons (Fsp3) is 0.667. The standard InChI is InChI=1S/C9H16N4O2/c1-6(2)7-11-8(13-12-7)9(14)10-4-5-15-3/h6H,4-5H2,1-3H3,(H,10,14)(H,11,12,13). The van der Waals surface area contributed by atoms with Crippen molar-refractivity contribution in [3.05, 3.63) is 11.6 Å². The van der Waals surface area contributed by atoms with E-state index >= 15 is 0 Å². The number of hydrogen-bond acceptors (Lipinski definition) is 4. The smallest absolute Gasteiger partial charge is 0.291 e. The lowest BCUT2D eigenvalue weighted by atomic mass is 10.2. The third kappa shape index (κ3) is 3.32. The lowest BCUT2D eigenvalue weighted by Crippen LogP contribution is -2.27. The summed E-state index contributed by atoms with van der Waals surface area (Å²) in [4.78, 5) is 15.5. The molecule has 2 N–H and O–H groups in total. The van der Waals surface area contributed by atoms with Gasteiger partial charge in [-0.15, -0.1) is 5.10 Å². The Kier molecular flexibility index (Phi) is 4.23. The van der Waals surface area contributed by atoms with Crippen molar-refractivity contribution in [3.63, 3.8) is 0 Å². The highest BCUT2D eigenvalue weighted by atomic mass is 16.5. The molecule has 1 aromatic rings. The van der Waals surface area contributed by atoms with Gasteiger partial charge in [0.1, 0.15) is 5.82 Å². The van der Waals surface area contributed by atoms with Gasteiger partial charge in [0.15, 0.2) is 0 Å². The summed E-state index contributed by atoms with van der Waals surface area (Å²) < 4.78 is 4.81. The average molecular weight is 212 g/mol. The Labute approximate surface area is 88.4 Å². The van der Waals surface area contributed by atoms with E-state index in [2.05, 4.69) is 20.5 Å². The maximum absolute atomic E-state index is 11.4. The number of aromatic nitrogens is 3. The number of amides is 1.